The quantitative estimate of drug-likeness (QED) is 0.715. The largest absolute Gasteiger partial charge is 0.377 e. The predicted octanol–water partition coefficient (Wildman–Crippen LogP) is 2.20. The average Bonchev–Trinajstić information content (AvgIpc) is 2.80. The smallest absolute Gasteiger partial charge is 0.0701 e. The third-order valence-corrected chi connectivity index (χ3v) is 2.21. The Morgan fingerprint density at radius 2 is 1.53 bits per heavy atom. The third kappa shape index (κ3) is 3.08. The van der Waals surface area contributed by atoms with Gasteiger partial charge in [-0.15, -0.1) is 0 Å². The SMILES string of the molecule is C1COCCO1.c1ccc2[nH]ccc2c1. The fourth-order valence-corrected chi connectivity index (χ4v) is 1.43. The van der Waals surface area contributed by atoms with Gasteiger partial charge in [-0.05, 0) is 17.5 Å². The lowest BCUT2D eigenvalue weighted by molar-refractivity contribution is -0.0334. The van der Waals surface area contributed by atoms with E-state index >= 15 is 0 Å². The van der Waals surface area contributed by atoms with E-state index in [1.807, 2.05) is 18.3 Å². The number of H-pyrrole nitrogens is 1. The molecule has 0 unspecified atom stereocenters. The van der Waals surface area contributed by atoms with E-state index in [2.05, 4.69) is 23.2 Å². The lowest BCUT2D eigenvalue weighted by Gasteiger charge is -2.09. The molecule has 1 aliphatic rings. The Labute approximate surface area is 89.0 Å². The highest BCUT2D eigenvalue weighted by molar-refractivity contribution is 5.78. The van der Waals surface area contributed by atoms with Crippen LogP contribution >= 0.6 is 0 Å². The summed E-state index contributed by atoms with van der Waals surface area (Å²) in [6, 6.07) is 10.3. The van der Waals surface area contributed by atoms with Gasteiger partial charge in [0.1, 0.15) is 0 Å². The second kappa shape index (κ2) is 5.53. The number of hydrogen-bond acceptors (Lipinski definition) is 2. The van der Waals surface area contributed by atoms with Crippen molar-refractivity contribution in [1.29, 1.82) is 0 Å². The van der Waals surface area contributed by atoms with Crippen LogP contribution in [0.15, 0.2) is 36.5 Å². The summed E-state index contributed by atoms with van der Waals surface area (Å²) in [6.45, 7) is 3.11. The van der Waals surface area contributed by atoms with Crippen molar-refractivity contribution < 1.29 is 9.47 Å². The molecule has 1 saturated heterocycles. The Bertz CT molecular complexity index is 351. The zero-order chi connectivity index (χ0) is 10.3. The summed E-state index contributed by atoms with van der Waals surface area (Å²) in [5.74, 6) is 0. The van der Waals surface area contributed by atoms with E-state index in [1.165, 1.54) is 10.9 Å². The summed E-state index contributed by atoms with van der Waals surface area (Å²) in [5.41, 5.74) is 1.21. The Morgan fingerprint density at radius 1 is 0.867 bits per heavy atom. The lowest BCUT2D eigenvalue weighted by Crippen LogP contribution is -2.16. The first-order valence-electron chi connectivity index (χ1n) is 5.14. The molecule has 0 amide bonds. The highest BCUT2D eigenvalue weighted by Gasteiger charge is 1.94. The molecule has 2 heterocycles. The minimum Gasteiger partial charge on any atom is -0.377 e. The maximum absolute atomic E-state index is 4.94. The number of para-hydroxylation sites is 1. The highest BCUT2D eigenvalue weighted by Crippen LogP contribution is 2.09. The maximum atomic E-state index is 4.94. The van der Waals surface area contributed by atoms with Gasteiger partial charge in [0.15, 0.2) is 0 Å². The molecule has 0 atom stereocenters. The molecule has 0 radical (unpaired) electrons. The fourth-order valence-electron chi connectivity index (χ4n) is 1.43. The van der Waals surface area contributed by atoms with Gasteiger partial charge in [0.05, 0.1) is 26.4 Å². The maximum Gasteiger partial charge on any atom is 0.0701 e. The topological polar surface area (TPSA) is 34.2 Å². The molecule has 0 saturated carbocycles. The van der Waals surface area contributed by atoms with Crippen LogP contribution in [0.4, 0.5) is 0 Å². The van der Waals surface area contributed by atoms with Crippen molar-refractivity contribution in [3.05, 3.63) is 36.5 Å². The summed E-state index contributed by atoms with van der Waals surface area (Å²) in [7, 11) is 0. The van der Waals surface area contributed by atoms with Crippen LogP contribution in [0.3, 0.4) is 0 Å². The van der Waals surface area contributed by atoms with E-state index in [9.17, 15) is 0 Å². The number of aromatic amines is 1. The normalized spacial score (nSPS) is 15.7. The highest BCUT2D eigenvalue weighted by atomic mass is 16.6. The summed E-state index contributed by atoms with van der Waals surface area (Å²) in [4.78, 5) is 3.12. The summed E-state index contributed by atoms with van der Waals surface area (Å²) in [6.07, 6.45) is 1.95. The third-order valence-electron chi connectivity index (χ3n) is 2.21. The number of benzene rings is 1. The molecule has 80 valence electrons. The van der Waals surface area contributed by atoms with Gasteiger partial charge >= 0.3 is 0 Å². The van der Waals surface area contributed by atoms with Crippen molar-refractivity contribution in [3.63, 3.8) is 0 Å². The molecule has 0 bridgehead atoms. The molecule has 0 aliphatic carbocycles. The molecule has 2 aromatic rings. The number of aromatic nitrogens is 1. The standard InChI is InChI=1S/C8H7N.C4H8O2/c1-2-4-8-7(3-1)5-6-9-8;1-2-6-4-3-5-1/h1-6,9H;1-4H2. The second-order valence-corrected chi connectivity index (χ2v) is 3.29. The summed E-state index contributed by atoms with van der Waals surface area (Å²) in [5, 5.41) is 1.28. The Balaban J connectivity index is 0.000000124. The van der Waals surface area contributed by atoms with Crippen LogP contribution in [-0.4, -0.2) is 31.4 Å². The van der Waals surface area contributed by atoms with Gasteiger partial charge in [-0.25, -0.2) is 0 Å². The molecule has 1 aromatic heterocycles. The van der Waals surface area contributed by atoms with Crippen molar-refractivity contribution in [1.82, 2.24) is 4.98 Å². The van der Waals surface area contributed by atoms with E-state index in [1.54, 1.807) is 0 Å². The first-order valence-corrected chi connectivity index (χ1v) is 5.14. The summed E-state index contributed by atoms with van der Waals surface area (Å²) >= 11 is 0. The van der Waals surface area contributed by atoms with Crippen LogP contribution in [0.2, 0.25) is 0 Å². The van der Waals surface area contributed by atoms with Crippen molar-refractivity contribution in [3.8, 4) is 0 Å². The van der Waals surface area contributed by atoms with Gasteiger partial charge in [-0.2, -0.15) is 0 Å². The van der Waals surface area contributed by atoms with E-state index in [4.69, 9.17) is 9.47 Å². The predicted molar refractivity (Wildman–Crippen MR) is 59.9 cm³/mol. The zero-order valence-corrected chi connectivity index (χ0v) is 8.61. The molecule has 1 N–H and O–H groups in total. The Hall–Kier alpha value is -1.32. The Kier molecular flexibility index (Phi) is 3.77. The first kappa shape index (κ1) is 10.2. The van der Waals surface area contributed by atoms with Gasteiger partial charge in [0, 0.05) is 11.7 Å². The van der Waals surface area contributed by atoms with Crippen LogP contribution in [-0.2, 0) is 9.47 Å². The van der Waals surface area contributed by atoms with Crippen molar-refractivity contribution in [2.45, 2.75) is 0 Å². The van der Waals surface area contributed by atoms with Gasteiger partial charge < -0.3 is 14.5 Å². The molecule has 3 heteroatoms. The summed E-state index contributed by atoms with van der Waals surface area (Å²) < 4.78 is 9.89. The van der Waals surface area contributed by atoms with Crippen LogP contribution in [0.1, 0.15) is 0 Å². The zero-order valence-electron chi connectivity index (χ0n) is 8.61. The van der Waals surface area contributed by atoms with Crippen LogP contribution in [0.5, 0.6) is 0 Å². The van der Waals surface area contributed by atoms with Gasteiger partial charge in [0.25, 0.3) is 0 Å². The number of nitrogens with one attached hydrogen (secondary N) is 1. The Morgan fingerprint density at radius 3 is 2.13 bits per heavy atom. The van der Waals surface area contributed by atoms with Crippen LogP contribution < -0.4 is 0 Å². The van der Waals surface area contributed by atoms with E-state index in [0.717, 1.165) is 26.4 Å². The van der Waals surface area contributed by atoms with Gasteiger partial charge in [0.2, 0.25) is 0 Å². The number of rotatable bonds is 0. The first-order chi connectivity index (χ1) is 7.47. The van der Waals surface area contributed by atoms with Gasteiger partial charge in [-0.1, -0.05) is 18.2 Å². The minimum atomic E-state index is 0.778. The molecule has 3 nitrogen and oxygen atoms in total. The minimum absolute atomic E-state index is 0.778. The molecule has 1 aliphatic heterocycles. The molecule has 15 heavy (non-hydrogen) atoms. The van der Waals surface area contributed by atoms with E-state index < -0.39 is 0 Å². The van der Waals surface area contributed by atoms with Crippen LogP contribution in [0, 0.1) is 0 Å². The number of hydrogen-bond donors (Lipinski definition) is 1. The molecular weight excluding hydrogens is 190 g/mol. The van der Waals surface area contributed by atoms with Gasteiger partial charge in [-0.3, -0.25) is 0 Å². The fraction of sp³-hybridized carbons (Fsp3) is 0.333. The van der Waals surface area contributed by atoms with E-state index in [-0.39, 0.29) is 0 Å². The lowest BCUT2D eigenvalue weighted by atomic mass is 10.3. The average molecular weight is 205 g/mol. The molecule has 1 fully saturated rings. The molecule has 0 spiro atoms. The monoisotopic (exact) mass is 205 g/mol. The van der Waals surface area contributed by atoms with E-state index in [0.29, 0.717) is 0 Å². The van der Waals surface area contributed by atoms with Crippen LogP contribution in [0.25, 0.3) is 10.9 Å². The number of fused-ring (bicyclic) bond motifs is 1. The van der Waals surface area contributed by atoms with Crippen molar-refractivity contribution in [2.24, 2.45) is 0 Å². The van der Waals surface area contributed by atoms with Crippen molar-refractivity contribution >= 4 is 10.9 Å². The second-order valence-electron chi connectivity index (χ2n) is 3.29. The number of ether oxygens (including phenoxy) is 2. The molecule has 1 aromatic carbocycles. The molecule has 3 rings (SSSR count). The van der Waals surface area contributed by atoms with Crippen molar-refractivity contribution in [2.75, 3.05) is 26.4 Å². The molecular formula is C12H15NO2.